The zero-order valence-corrected chi connectivity index (χ0v) is 28.3. The van der Waals surface area contributed by atoms with Crippen molar-refractivity contribution in [3.63, 3.8) is 0 Å². The summed E-state index contributed by atoms with van der Waals surface area (Å²) in [4.78, 5) is 3.73. The van der Waals surface area contributed by atoms with Gasteiger partial charge in [0, 0.05) is 0 Å². The minimum absolute atomic E-state index is 0.620. The van der Waals surface area contributed by atoms with Crippen LogP contribution in [0.2, 0.25) is 0 Å². The zero-order valence-electron chi connectivity index (χ0n) is 28.3. The normalized spacial score (nSPS) is 13.2. The van der Waals surface area contributed by atoms with Crippen molar-refractivity contribution in [1.29, 1.82) is 0 Å². The highest BCUT2D eigenvalue weighted by Gasteiger charge is 2.25. The van der Waals surface area contributed by atoms with Gasteiger partial charge in [0.15, 0.2) is 0 Å². The van der Waals surface area contributed by atoms with Crippen LogP contribution < -0.4 is 4.57 Å². The monoisotopic (exact) mass is 560 g/mol. The first-order valence-electron chi connectivity index (χ1n) is 18.8. The summed E-state index contributed by atoms with van der Waals surface area (Å²) in [5, 5.41) is 0. The van der Waals surface area contributed by atoms with Crippen LogP contribution in [0.5, 0.6) is 0 Å². The molecule has 236 valence electrons. The lowest BCUT2D eigenvalue weighted by molar-refractivity contribution is -0.727. The fraction of sp³-hybridized carbons (Fsp3) is 0.921. The Hall–Kier alpha value is -0.790. The molecule has 1 N–H and O–H groups in total. The van der Waals surface area contributed by atoms with Crippen LogP contribution in [0.15, 0.2) is 12.4 Å². The number of hydrogen-bond acceptors (Lipinski definition) is 0. The number of nitrogens with zero attached hydrogens (tertiary/aromatic N) is 1. The Morgan fingerprint density at radius 1 is 0.475 bits per heavy atom. The van der Waals surface area contributed by atoms with E-state index in [1.807, 2.05) is 0 Å². The first-order chi connectivity index (χ1) is 19.7. The molecule has 0 fully saturated rings. The molecule has 40 heavy (non-hydrogen) atoms. The summed E-state index contributed by atoms with van der Waals surface area (Å²) in [6, 6.07) is 0.620. The summed E-state index contributed by atoms with van der Waals surface area (Å²) in [6.45, 7) is 9.41. The third kappa shape index (κ3) is 20.1. The molecule has 0 aliphatic heterocycles. The minimum Gasteiger partial charge on any atom is -0.247 e. The molecule has 0 aliphatic rings. The van der Waals surface area contributed by atoms with Crippen LogP contribution in [-0.4, -0.2) is 4.98 Å². The SMILES string of the molecule is CCCCCCCCCCCCCCCC(C)[n+]1cc[nH]c1C(CCCCCCCC)CCCCCCCCC. The van der Waals surface area contributed by atoms with E-state index in [1.54, 1.807) is 0 Å². The van der Waals surface area contributed by atoms with Gasteiger partial charge in [0.2, 0.25) is 0 Å². The second-order valence-corrected chi connectivity index (χ2v) is 13.3. The zero-order chi connectivity index (χ0) is 28.9. The van der Waals surface area contributed by atoms with E-state index in [4.69, 9.17) is 0 Å². The number of aromatic amines is 1. The molecule has 1 aromatic heterocycles. The number of unbranched alkanes of at least 4 members (excludes halogenated alkanes) is 23. The van der Waals surface area contributed by atoms with Crippen LogP contribution in [0.3, 0.4) is 0 Å². The van der Waals surface area contributed by atoms with E-state index < -0.39 is 0 Å². The Morgan fingerprint density at radius 2 is 0.800 bits per heavy atom. The van der Waals surface area contributed by atoms with E-state index in [2.05, 4.69) is 49.6 Å². The summed E-state index contributed by atoms with van der Waals surface area (Å²) in [6.07, 6.45) is 45.7. The Balaban J connectivity index is 2.35. The summed E-state index contributed by atoms with van der Waals surface area (Å²) < 4.78 is 2.63. The molecule has 0 aliphatic carbocycles. The summed E-state index contributed by atoms with van der Waals surface area (Å²) in [5.41, 5.74) is 0. The molecule has 0 bridgehead atoms. The molecule has 1 rings (SSSR count). The predicted molar refractivity (Wildman–Crippen MR) is 179 cm³/mol. The highest BCUT2D eigenvalue weighted by Crippen LogP contribution is 2.27. The van der Waals surface area contributed by atoms with E-state index in [0.717, 1.165) is 0 Å². The maximum atomic E-state index is 3.73. The lowest BCUT2D eigenvalue weighted by atomic mass is 9.93. The number of nitrogens with one attached hydrogen (secondary N) is 1. The Bertz CT molecular complexity index is 621. The fourth-order valence-corrected chi connectivity index (χ4v) is 6.60. The van der Waals surface area contributed by atoms with Crippen molar-refractivity contribution in [1.82, 2.24) is 4.98 Å². The van der Waals surface area contributed by atoms with Gasteiger partial charge in [-0.05, 0) is 32.6 Å². The molecule has 1 aromatic rings. The van der Waals surface area contributed by atoms with Gasteiger partial charge in [0.05, 0.1) is 12.0 Å². The second kappa shape index (κ2) is 28.3. The standard InChI is InChI=1S/C38H74N2/c1-5-8-11-14-17-18-19-20-21-22-24-25-28-31-36(4)40-35-34-39-38(40)37(32-29-26-16-13-10-7-3)33-30-27-23-15-12-9-6-2/h34-37H,5-33H2,1-4H3/p+1. The molecule has 0 radical (unpaired) electrons. The fourth-order valence-electron chi connectivity index (χ4n) is 6.60. The van der Waals surface area contributed by atoms with E-state index in [-0.39, 0.29) is 0 Å². The van der Waals surface area contributed by atoms with Crippen molar-refractivity contribution in [3.8, 4) is 0 Å². The maximum Gasteiger partial charge on any atom is 0.257 e. The van der Waals surface area contributed by atoms with Crippen molar-refractivity contribution < 1.29 is 4.57 Å². The molecular weight excluding hydrogens is 484 g/mol. The largest absolute Gasteiger partial charge is 0.257 e. The minimum atomic E-state index is 0.620. The Morgan fingerprint density at radius 3 is 1.18 bits per heavy atom. The number of imidazole rings is 1. The predicted octanol–water partition coefficient (Wildman–Crippen LogP) is 13.3. The molecular formula is C38H75N2+. The number of H-pyrrole nitrogens is 1. The smallest absolute Gasteiger partial charge is 0.247 e. The molecule has 0 saturated heterocycles. The third-order valence-electron chi connectivity index (χ3n) is 9.39. The van der Waals surface area contributed by atoms with Gasteiger partial charge in [-0.15, -0.1) is 0 Å². The first kappa shape index (κ1) is 37.2. The highest BCUT2D eigenvalue weighted by atomic mass is 15.1. The first-order valence-corrected chi connectivity index (χ1v) is 18.8. The van der Waals surface area contributed by atoms with Crippen molar-refractivity contribution in [2.24, 2.45) is 0 Å². The van der Waals surface area contributed by atoms with Gasteiger partial charge in [-0.3, -0.25) is 0 Å². The molecule has 2 atom stereocenters. The summed E-state index contributed by atoms with van der Waals surface area (Å²) in [5.74, 6) is 2.24. The topological polar surface area (TPSA) is 19.7 Å². The average Bonchev–Trinajstić information content (AvgIpc) is 3.45. The van der Waals surface area contributed by atoms with Crippen LogP contribution in [-0.2, 0) is 0 Å². The Labute approximate surface area is 253 Å². The van der Waals surface area contributed by atoms with Crippen molar-refractivity contribution >= 4 is 0 Å². The molecule has 0 spiro atoms. The van der Waals surface area contributed by atoms with Gasteiger partial charge < -0.3 is 0 Å². The van der Waals surface area contributed by atoms with E-state index in [1.165, 1.54) is 192 Å². The van der Waals surface area contributed by atoms with E-state index >= 15 is 0 Å². The van der Waals surface area contributed by atoms with Crippen LogP contribution >= 0.6 is 0 Å². The number of hydrogen-bond donors (Lipinski definition) is 1. The van der Waals surface area contributed by atoms with Gasteiger partial charge in [-0.25, -0.2) is 9.55 Å². The van der Waals surface area contributed by atoms with Crippen LogP contribution in [0.4, 0.5) is 0 Å². The number of rotatable bonds is 31. The molecule has 0 aromatic carbocycles. The van der Waals surface area contributed by atoms with E-state index in [0.29, 0.717) is 12.0 Å². The average molecular weight is 560 g/mol. The number of aromatic nitrogens is 2. The highest BCUT2D eigenvalue weighted by molar-refractivity contribution is 4.90. The molecule has 0 saturated carbocycles. The lowest BCUT2D eigenvalue weighted by Gasteiger charge is -2.17. The Kier molecular flexibility index (Phi) is 26.4. The van der Waals surface area contributed by atoms with E-state index in [9.17, 15) is 0 Å². The maximum absolute atomic E-state index is 3.73. The third-order valence-corrected chi connectivity index (χ3v) is 9.39. The molecule has 0 amide bonds. The van der Waals surface area contributed by atoms with Crippen LogP contribution in [0.25, 0.3) is 0 Å². The van der Waals surface area contributed by atoms with Gasteiger partial charge in [0.25, 0.3) is 5.82 Å². The molecule has 2 unspecified atom stereocenters. The van der Waals surface area contributed by atoms with Gasteiger partial charge in [-0.2, -0.15) is 0 Å². The van der Waals surface area contributed by atoms with Gasteiger partial charge in [0.1, 0.15) is 12.4 Å². The summed E-state index contributed by atoms with van der Waals surface area (Å²) >= 11 is 0. The molecule has 2 heteroatoms. The van der Waals surface area contributed by atoms with Gasteiger partial charge in [-0.1, -0.05) is 181 Å². The van der Waals surface area contributed by atoms with Crippen molar-refractivity contribution in [3.05, 3.63) is 18.2 Å². The lowest BCUT2D eigenvalue weighted by Crippen LogP contribution is -2.41. The van der Waals surface area contributed by atoms with Crippen LogP contribution in [0.1, 0.15) is 232 Å². The van der Waals surface area contributed by atoms with Gasteiger partial charge >= 0.3 is 0 Å². The van der Waals surface area contributed by atoms with Crippen molar-refractivity contribution in [2.75, 3.05) is 0 Å². The second-order valence-electron chi connectivity index (χ2n) is 13.3. The summed E-state index contributed by atoms with van der Waals surface area (Å²) in [7, 11) is 0. The molecule has 2 nitrogen and oxygen atoms in total. The molecule has 1 heterocycles. The van der Waals surface area contributed by atoms with Crippen LogP contribution in [0, 0.1) is 0 Å². The van der Waals surface area contributed by atoms with Crippen molar-refractivity contribution in [2.45, 2.75) is 226 Å². The quantitative estimate of drug-likeness (QED) is 0.0689.